The average Bonchev–Trinajstić information content (AvgIpc) is 2.82. The third-order valence-corrected chi connectivity index (χ3v) is 4.26. The van der Waals surface area contributed by atoms with Gasteiger partial charge in [-0.05, 0) is 25.1 Å². The summed E-state index contributed by atoms with van der Waals surface area (Å²) in [6.07, 6.45) is -0.123. The molecule has 0 atom stereocenters. The highest BCUT2D eigenvalue weighted by molar-refractivity contribution is 7.22. The molecule has 1 fully saturated rings. The lowest BCUT2D eigenvalue weighted by Crippen LogP contribution is -2.53. The summed E-state index contributed by atoms with van der Waals surface area (Å²) in [5, 5.41) is 0.827. The molecule has 0 radical (unpaired) electrons. The molecule has 112 valence electrons. The van der Waals surface area contributed by atoms with E-state index in [1.807, 2.05) is 11.8 Å². The number of nitrogens with zero attached hydrogens (tertiary/aromatic N) is 2. The number of fused-ring (bicyclic) bond motifs is 1. The summed E-state index contributed by atoms with van der Waals surface area (Å²) in [7, 11) is 0. The number of esters is 1. The zero-order valence-electron chi connectivity index (χ0n) is 11.5. The lowest BCUT2D eigenvalue weighted by atomic mass is 10.2. The predicted octanol–water partition coefficient (Wildman–Crippen LogP) is 2.20. The third kappa shape index (κ3) is 3.14. The van der Waals surface area contributed by atoms with E-state index in [0.29, 0.717) is 19.7 Å². The molecule has 0 bridgehead atoms. The van der Waals surface area contributed by atoms with Crippen molar-refractivity contribution in [1.82, 2.24) is 4.98 Å². The lowest BCUT2D eigenvalue weighted by molar-refractivity contribution is -0.155. The number of carbonyl (C=O) groups is 1. The molecule has 0 spiro atoms. The van der Waals surface area contributed by atoms with Crippen LogP contribution in [-0.2, 0) is 14.3 Å². The number of benzene rings is 1. The summed E-state index contributed by atoms with van der Waals surface area (Å²) >= 11 is 1.44. The van der Waals surface area contributed by atoms with Gasteiger partial charge >= 0.3 is 5.97 Å². The fraction of sp³-hybridized carbons (Fsp3) is 0.429. The predicted molar refractivity (Wildman–Crippen MR) is 78.2 cm³/mol. The molecule has 0 N–H and O–H groups in total. The van der Waals surface area contributed by atoms with Crippen LogP contribution in [0.15, 0.2) is 18.2 Å². The molecular formula is C14H15FN2O3S. The van der Waals surface area contributed by atoms with Gasteiger partial charge in [-0.3, -0.25) is 0 Å². The average molecular weight is 310 g/mol. The van der Waals surface area contributed by atoms with Crippen LogP contribution in [-0.4, -0.2) is 43.4 Å². The van der Waals surface area contributed by atoms with Crippen LogP contribution < -0.4 is 4.90 Å². The first-order valence-electron chi connectivity index (χ1n) is 6.74. The van der Waals surface area contributed by atoms with Gasteiger partial charge < -0.3 is 14.4 Å². The fourth-order valence-electron chi connectivity index (χ4n) is 2.10. The van der Waals surface area contributed by atoms with Crippen LogP contribution in [0.5, 0.6) is 0 Å². The van der Waals surface area contributed by atoms with Gasteiger partial charge in [0.1, 0.15) is 18.5 Å². The van der Waals surface area contributed by atoms with E-state index in [4.69, 9.17) is 9.47 Å². The minimum Gasteiger partial charge on any atom is -0.457 e. The van der Waals surface area contributed by atoms with Crippen LogP contribution in [0.4, 0.5) is 9.52 Å². The van der Waals surface area contributed by atoms with Crippen molar-refractivity contribution in [2.45, 2.75) is 13.0 Å². The highest BCUT2D eigenvalue weighted by Gasteiger charge is 2.32. The summed E-state index contributed by atoms with van der Waals surface area (Å²) in [4.78, 5) is 17.9. The maximum Gasteiger partial charge on any atom is 0.332 e. The van der Waals surface area contributed by atoms with E-state index in [0.717, 1.165) is 15.3 Å². The minimum atomic E-state index is -0.340. The number of carbonyl (C=O) groups excluding carboxylic acids is 1. The molecule has 1 aliphatic heterocycles. The maximum atomic E-state index is 13.1. The first-order chi connectivity index (χ1) is 10.2. The molecule has 7 heteroatoms. The number of hydrogen-bond donors (Lipinski definition) is 0. The van der Waals surface area contributed by atoms with Crippen LogP contribution in [0.1, 0.15) is 6.92 Å². The van der Waals surface area contributed by atoms with Gasteiger partial charge in [0, 0.05) is 6.61 Å². The van der Waals surface area contributed by atoms with Gasteiger partial charge in [0.05, 0.1) is 23.3 Å². The Kier molecular flexibility index (Phi) is 4.03. The minimum absolute atomic E-state index is 0.00653. The summed E-state index contributed by atoms with van der Waals surface area (Å²) in [5.41, 5.74) is 0.785. The Balaban J connectivity index is 1.56. The van der Waals surface area contributed by atoms with Crippen molar-refractivity contribution < 1.29 is 18.7 Å². The van der Waals surface area contributed by atoms with E-state index < -0.39 is 0 Å². The molecule has 0 unspecified atom stereocenters. The van der Waals surface area contributed by atoms with Crippen LogP contribution >= 0.6 is 11.3 Å². The van der Waals surface area contributed by atoms with Gasteiger partial charge in [-0.25, -0.2) is 14.2 Å². The third-order valence-electron chi connectivity index (χ3n) is 3.18. The van der Waals surface area contributed by atoms with Crippen molar-refractivity contribution in [3.05, 3.63) is 24.0 Å². The number of ether oxygens (including phenoxy) is 2. The highest BCUT2D eigenvalue weighted by Crippen LogP contribution is 2.32. The van der Waals surface area contributed by atoms with Crippen molar-refractivity contribution in [3.8, 4) is 0 Å². The zero-order chi connectivity index (χ0) is 14.8. The van der Waals surface area contributed by atoms with Gasteiger partial charge in [0.15, 0.2) is 5.13 Å². The fourth-order valence-corrected chi connectivity index (χ4v) is 3.10. The standard InChI is InChI=1S/C14H15FN2O3S/c1-2-19-8-13(18)20-10-6-17(7-10)14-16-11-4-3-9(15)5-12(11)21-14/h3-5,10H,2,6-8H2,1H3. The Labute approximate surface area is 125 Å². The Morgan fingerprint density at radius 2 is 2.33 bits per heavy atom. The van der Waals surface area contributed by atoms with Crippen molar-refractivity contribution >= 4 is 32.7 Å². The number of halogens is 1. The Bertz CT molecular complexity index is 655. The number of aromatic nitrogens is 1. The normalized spacial score (nSPS) is 15.2. The monoisotopic (exact) mass is 310 g/mol. The molecule has 5 nitrogen and oxygen atoms in total. The maximum absolute atomic E-state index is 13.1. The summed E-state index contributed by atoms with van der Waals surface area (Å²) in [5.74, 6) is -0.600. The van der Waals surface area contributed by atoms with Crippen LogP contribution in [0, 0.1) is 5.82 Å². The molecule has 2 aromatic rings. The number of hydrogen-bond acceptors (Lipinski definition) is 6. The second-order valence-corrected chi connectivity index (χ2v) is 5.77. The van der Waals surface area contributed by atoms with Crippen LogP contribution in [0.3, 0.4) is 0 Å². The van der Waals surface area contributed by atoms with E-state index in [1.165, 1.54) is 23.5 Å². The molecule has 1 aromatic carbocycles. The number of rotatable bonds is 5. The van der Waals surface area contributed by atoms with Crippen molar-refractivity contribution in [3.63, 3.8) is 0 Å². The molecule has 1 aliphatic rings. The van der Waals surface area contributed by atoms with Crippen LogP contribution in [0.2, 0.25) is 0 Å². The molecule has 1 saturated heterocycles. The van der Waals surface area contributed by atoms with Gasteiger partial charge in [-0.1, -0.05) is 11.3 Å². The summed E-state index contributed by atoms with van der Waals surface area (Å²) in [6.45, 7) is 3.54. The largest absolute Gasteiger partial charge is 0.457 e. The second-order valence-electron chi connectivity index (χ2n) is 4.76. The number of thiazole rings is 1. The van der Waals surface area contributed by atoms with Gasteiger partial charge in [-0.2, -0.15) is 0 Å². The molecule has 21 heavy (non-hydrogen) atoms. The SMILES string of the molecule is CCOCC(=O)OC1CN(c2nc3ccc(F)cc3s2)C1. The summed E-state index contributed by atoms with van der Waals surface area (Å²) in [6, 6.07) is 4.56. The molecular weight excluding hydrogens is 295 g/mol. The van der Waals surface area contributed by atoms with E-state index in [2.05, 4.69) is 4.98 Å². The van der Waals surface area contributed by atoms with Crippen molar-refractivity contribution in [2.24, 2.45) is 0 Å². The Hall–Kier alpha value is -1.73. The van der Waals surface area contributed by atoms with E-state index >= 15 is 0 Å². The Morgan fingerprint density at radius 3 is 3.10 bits per heavy atom. The quantitative estimate of drug-likeness (QED) is 0.793. The molecule has 0 saturated carbocycles. The molecule has 1 aromatic heterocycles. The smallest absolute Gasteiger partial charge is 0.332 e. The molecule has 0 aliphatic carbocycles. The van der Waals surface area contributed by atoms with E-state index in [9.17, 15) is 9.18 Å². The second kappa shape index (κ2) is 5.95. The topological polar surface area (TPSA) is 51.7 Å². The Morgan fingerprint density at radius 1 is 1.52 bits per heavy atom. The first kappa shape index (κ1) is 14.2. The molecule has 3 rings (SSSR count). The van der Waals surface area contributed by atoms with Gasteiger partial charge in [0.25, 0.3) is 0 Å². The van der Waals surface area contributed by atoms with Crippen molar-refractivity contribution in [1.29, 1.82) is 0 Å². The lowest BCUT2D eigenvalue weighted by Gasteiger charge is -2.38. The first-order valence-corrected chi connectivity index (χ1v) is 7.55. The van der Waals surface area contributed by atoms with Crippen LogP contribution in [0.25, 0.3) is 10.2 Å². The van der Waals surface area contributed by atoms with Gasteiger partial charge in [0.2, 0.25) is 0 Å². The van der Waals surface area contributed by atoms with E-state index in [-0.39, 0.29) is 24.5 Å². The zero-order valence-corrected chi connectivity index (χ0v) is 12.4. The van der Waals surface area contributed by atoms with Gasteiger partial charge in [-0.15, -0.1) is 0 Å². The highest BCUT2D eigenvalue weighted by atomic mass is 32.1. The summed E-state index contributed by atoms with van der Waals surface area (Å²) < 4.78 is 24.2. The number of anilines is 1. The van der Waals surface area contributed by atoms with Crippen molar-refractivity contribution in [2.75, 3.05) is 31.2 Å². The van der Waals surface area contributed by atoms with E-state index in [1.54, 1.807) is 6.07 Å². The molecule has 0 amide bonds. The molecule has 2 heterocycles.